The van der Waals surface area contributed by atoms with Gasteiger partial charge in [0, 0.05) is 16.8 Å². The van der Waals surface area contributed by atoms with E-state index in [-0.39, 0.29) is 11.6 Å². The number of amides is 1. The van der Waals surface area contributed by atoms with Crippen molar-refractivity contribution in [2.75, 3.05) is 18.4 Å². The average molecular weight is 397 g/mol. The fourth-order valence-electron chi connectivity index (χ4n) is 3.66. The Morgan fingerprint density at radius 2 is 1.82 bits per heavy atom. The molecule has 144 valence electrons. The molecule has 0 saturated carbocycles. The van der Waals surface area contributed by atoms with Gasteiger partial charge in [0.15, 0.2) is 17.8 Å². The zero-order valence-electron chi connectivity index (χ0n) is 15.6. The highest BCUT2D eigenvalue weighted by Gasteiger charge is 2.20. The number of carbonyl (C=O) groups excluding carboxylic acids is 1. The first-order chi connectivity index (χ1) is 13.7. The summed E-state index contributed by atoms with van der Waals surface area (Å²) < 4.78 is 5.43. The van der Waals surface area contributed by atoms with E-state index >= 15 is 0 Å². The summed E-state index contributed by atoms with van der Waals surface area (Å²) in [6, 6.07) is 15.3. The largest absolute Gasteiger partial charge is 0.443 e. The molecule has 1 saturated heterocycles. The molecule has 2 heterocycles. The Kier molecular flexibility index (Phi) is 5.74. The van der Waals surface area contributed by atoms with E-state index in [4.69, 9.17) is 16.0 Å². The van der Waals surface area contributed by atoms with Crippen molar-refractivity contribution < 1.29 is 14.1 Å². The van der Waals surface area contributed by atoms with Gasteiger partial charge in [0.05, 0.1) is 18.1 Å². The Morgan fingerprint density at radius 1 is 1.07 bits per heavy atom. The van der Waals surface area contributed by atoms with Gasteiger partial charge in [-0.15, -0.1) is 0 Å². The predicted molar refractivity (Wildman–Crippen MR) is 110 cm³/mol. The lowest BCUT2D eigenvalue weighted by atomic mass is 10.1. The Labute approximate surface area is 169 Å². The van der Waals surface area contributed by atoms with Crippen molar-refractivity contribution in [1.82, 2.24) is 4.98 Å². The van der Waals surface area contributed by atoms with Crippen molar-refractivity contribution in [3.8, 4) is 11.3 Å². The van der Waals surface area contributed by atoms with E-state index < -0.39 is 0 Å². The first-order valence-electron chi connectivity index (χ1n) is 9.63. The van der Waals surface area contributed by atoms with Crippen molar-refractivity contribution in [3.05, 3.63) is 71.2 Å². The summed E-state index contributed by atoms with van der Waals surface area (Å²) in [7, 11) is 0. The number of hydrogen-bond donors (Lipinski definition) is 2. The van der Waals surface area contributed by atoms with Crippen LogP contribution in [0.2, 0.25) is 5.02 Å². The minimum absolute atomic E-state index is 0.218. The number of aromatic nitrogens is 1. The highest BCUT2D eigenvalue weighted by atomic mass is 35.5. The first-order valence-corrected chi connectivity index (χ1v) is 10.0. The van der Waals surface area contributed by atoms with Gasteiger partial charge in [-0.2, -0.15) is 0 Å². The molecule has 2 aromatic carbocycles. The van der Waals surface area contributed by atoms with Crippen LogP contribution >= 0.6 is 11.6 Å². The Balaban J connectivity index is 1.44. The molecular formula is C22H23ClN3O2+. The fourth-order valence-corrected chi connectivity index (χ4v) is 3.88. The smallest absolute Gasteiger partial charge is 0.278 e. The number of hydrogen-bond acceptors (Lipinski definition) is 3. The van der Waals surface area contributed by atoms with Gasteiger partial charge in [0.1, 0.15) is 6.54 Å². The Hall–Kier alpha value is -2.63. The number of likely N-dealkylation sites (tertiary alicyclic amines) is 1. The third kappa shape index (κ3) is 4.26. The van der Waals surface area contributed by atoms with Crippen LogP contribution in [0.4, 0.5) is 5.69 Å². The molecular weight excluding hydrogens is 374 g/mol. The van der Waals surface area contributed by atoms with Crippen molar-refractivity contribution in [2.45, 2.75) is 25.8 Å². The average Bonchev–Trinajstić information content (AvgIpc) is 3.20. The third-order valence-corrected chi connectivity index (χ3v) is 5.46. The molecule has 1 amide bonds. The number of nitrogens with zero attached hydrogens (tertiary/aromatic N) is 1. The maximum Gasteiger partial charge on any atom is 0.278 e. The van der Waals surface area contributed by atoms with Gasteiger partial charge in [0.2, 0.25) is 0 Å². The monoisotopic (exact) mass is 396 g/mol. The quantitative estimate of drug-likeness (QED) is 0.689. The van der Waals surface area contributed by atoms with Gasteiger partial charge in [0.25, 0.3) is 5.91 Å². The minimum Gasteiger partial charge on any atom is -0.443 e. The number of benzene rings is 2. The zero-order valence-corrected chi connectivity index (χ0v) is 16.3. The molecule has 1 fully saturated rings. The number of rotatable bonds is 5. The molecule has 0 atom stereocenters. The molecule has 28 heavy (non-hydrogen) atoms. The number of oxazole rings is 1. The summed E-state index contributed by atoms with van der Waals surface area (Å²) in [5.41, 5.74) is 2.88. The van der Waals surface area contributed by atoms with Crippen molar-refractivity contribution in [2.24, 2.45) is 0 Å². The van der Waals surface area contributed by atoms with Crippen molar-refractivity contribution >= 4 is 23.2 Å². The molecule has 1 aliphatic heterocycles. The summed E-state index contributed by atoms with van der Waals surface area (Å²) in [6.07, 6.45) is 5.24. The van der Waals surface area contributed by atoms with Gasteiger partial charge in [-0.25, -0.2) is 4.98 Å². The number of quaternary nitrogens is 1. The highest BCUT2D eigenvalue weighted by Crippen LogP contribution is 2.30. The van der Waals surface area contributed by atoms with Gasteiger partial charge >= 0.3 is 0 Å². The molecule has 0 spiro atoms. The molecule has 0 aliphatic carbocycles. The molecule has 1 aromatic heterocycles. The lowest BCUT2D eigenvalue weighted by Crippen LogP contribution is -3.11. The molecule has 0 bridgehead atoms. The maximum absolute atomic E-state index is 12.7. The number of halogens is 1. The van der Waals surface area contributed by atoms with Crippen LogP contribution in [0.15, 0.2) is 59.3 Å². The lowest BCUT2D eigenvalue weighted by Gasteiger charge is -2.23. The number of piperidine rings is 1. The molecule has 1 aliphatic rings. The first kappa shape index (κ1) is 18.7. The predicted octanol–water partition coefficient (Wildman–Crippen LogP) is 3.82. The van der Waals surface area contributed by atoms with Crippen LogP contribution < -0.4 is 10.2 Å². The summed E-state index contributed by atoms with van der Waals surface area (Å²) in [5, 5.41) is 3.41. The zero-order chi connectivity index (χ0) is 19.3. The lowest BCUT2D eigenvalue weighted by molar-refractivity contribution is -0.918. The van der Waals surface area contributed by atoms with E-state index in [1.807, 2.05) is 24.3 Å². The molecule has 5 nitrogen and oxygen atoms in total. The van der Waals surface area contributed by atoms with Gasteiger partial charge in [-0.1, -0.05) is 35.9 Å². The number of nitrogens with one attached hydrogen (secondary N) is 2. The molecule has 2 N–H and O–H groups in total. The van der Waals surface area contributed by atoms with E-state index in [1.54, 1.807) is 17.0 Å². The Morgan fingerprint density at radius 3 is 2.57 bits per heavy atom. The van der Waals surface area contributed by atoms with E-state index in [1.165, 1.54) is 44.3 Å². The second kappa shape index (κ2) is 8.59. The van der Waals surface area contributed by atoms with Gasteiger partial charge in [-0.3, -0.25) is 4.79 Å². The minimum atomic E-state index is -0.321. The van der Waals surface area contributed by atoms with Crippen LogP contribution in [0.1, 0.15) is 35.3 Å². The van der Waals surface area contributed by atoms with Gasteiger partial charge in [-0.05, 0) is 43.5 Å². The number of carbonyl (C=O) groups is 1. The normalized spacial score (nSPS) is 14.8. The highest BCUT2D eigenvalue weighted by molar-refractivity contribution is 6.33. The van der Waals surface area contributed by atoms with Crippen molar-refractivity contribution in [3.63, 3.8) is 0 Å². The molecule has 0 radical (unpaired) electrons. The summed E-state index contributed by atoms with van der Waals surface area (Å²) in [6.45, 7) is 3.53. The van der Waals surface area contributed by atoms with E-state index in [2.05, 4.69) is 22.4 Å². The topological polar surface area (TPSA) is 59.6 Å². The summed E-state index contributed by atoms with van der Waals surface area (Å²) >= 11 is 6.23. The second-order valence-corrected chi connectivity index (χ2v) is 7.56. The van der Waals surface area contributed by atoms with Crippen LogP contribution in [0.25, 0.3) is 11.3 Å². The molecule has 6 heteroatoms. The fraction of sp³-hybridized carbons (Fsp3) is 0.273. The summed E-state index contributed by atoms with van der Waals surface area (Å²) in [5.74, 6) is 0.0477. The van der Waals surface area contributed by atoms with E-state index in [0.717, 1.165) is 12.2 Å². The van der Waals surface area contributed by atoms with E-state index in [9.17, 15) is 4.79 Å². The Bertz CT molecular complexity index is 946. The van der Waals surface area contributed by atoms with Crippen LogP contribution in [0.5, 0.6) is 0 Å². The third-order valence-electron chi connectivity index (χ3n) is 5.13. The summed E-state index contributed by atoms with van der Waals surface area (Å²) in [4.78, 5) is 18.4. The van der Waals surface area contributed by atoms with Gasteiger partial charge < -0.3 is 14.6 Å². The SMILES string of the molecule is O=C(Nc1ccc(C[NH+]2CCCCC2)cc1)c1ncoc1-c1ccccc1Cl. The van der Waals surface area contributed by atoms with Crippen LogP contribution in [0.3, 0.4) is 0 Å². The van der Waals surface area contributed by atoms with Crippen LogP contribution in [0, 0.1) is 0 Å². The standard InChI is InChI=1S/C22H22ClN3O2/c23-19-7-3-2-6-18(19)21-20(24-15-28-21)22(27)25-17-10-8-16(9-11-17)14-26-12-4-1-5-13-26/h2-3,6-11,15H,1,4-5,12-14H2,(H,25,27)/p+1. The van der Waals surface area contributed by atoms with Crippen LogP contribution in [-0.4, -0.2) is 24.0 Å². The molecule has 4 rings (SSSR count). The molecule has 3 aromatic rings. The van der Waals surface area contributed by atoms with Crippen molar-refractivity contribution in [1.29, 1.82) is 0 Å². The molecule has 0 unspecified atom stereocenters. The van der Waals surface area contributed by atoms with Crippen LogP contribution in [-0.2, 0) is 6.54 Å². The second-order valence-electron chi connectivity index (χ2n) is 7.15. The number of anilines is 1. The maximum atomic E-state index is 12.7. The van der Waals surface area contributed by atoms with E-state index in [0.29, 0.717) is 16.3 Å².